The number of benzene rings is 1. The fraction of sp³-hybridized carbons (Fsp3) is 0.222. The van der Waals surface area contributed by atoms with Crippen LogP contribution in [0.25, 0.3) is 0 Å². The fourth-order valence-corrected chi connectivity index (χ4v) is 1.53. The van der Waals surface area contributed by atoms with Crippen molar-refractivity contribution in [1.82, 2.24) is 0 Å². The minimum Gasteiger partial charge on any atom is -0.862 e. The van der Waals surface area contributed by atoms with Gasteiger partial charge in [0.05, 0.1) is 17.7 Å². The van der Waals surface area contributed by atoms with Gasteiger partial charge in [-0.25, -0.2) is 4.21 Å². The summed E-state index contributed by atoms with van der Waals surface area (Å²) in [5.74, 6) is 0.0155. The average molecular weight is 251 g/mol. The summed E-state index contributed by atoms with van der Waals surface area (Å²) in [6, 6.07) is 4.40. The SMILES string of the molecule is COc1ccc(N=C(C)[O-])c(S(=O)O)c1.[Na+]. The molecular formula is C9H10NNaO4S. The van der Waals surface area contributed by atoms with Crippen LogP contribution in [0.1, 0.15) is 6.92 Å². The van der Waals surface area contributed by atoms with E-state index in [1.54, 1.807) is 6.07 Å². The zero-order chi connectivity index (χ0) is 11.4. The molecule has 16 heavy (non-hydrogen) atoms. The quantitative estimate of drug-likeness (QED) is 0.283. The summed E-state index contributed by atoms with van der Waals surface area (Å²) in [5.41, 5.74) is 0.184. The number of methoxy groups -OCH3 is 1. The second-order valence-electron chi connectivity index (χ2n) is 2.71. The van der Waals surface area contributed by atoms with Crippen molar-refractivity contribution in [1.29, 1.82) is 0 Å². The maximum absolute atomic E-state index is 11.0. The van der Waals surface area contributed by atoms with Crippen molar-refractivity contribution in [3.8, 4) is 5.75 Å². The molecule has 82 valence electrons. The number of rotatable bonds is 3. The Kier molecular flexibility index (Phi) is 6.85. The number of hydrogen-bond acceptors (Lipinski definition) is 4. The predicted molar refractivity (Wildman–Crippen MR) is 54.8 cm³/mol. The van der Waals surface area contributed by atoms with Crippen molar-refractivity contribution >= 4 is 22.7 Å². The molecule has 1 unspecified atom stereocenters. The Morgan fingerprint density at radius 1 is 1.56 bits per heavy atom. The van der Waals surface area contributed by atoms with Crippen molar-refractivity contribution in [3.63, 3.8) is 0 Å². The topological polar surface area (TPSA) is 82.0 Å². The summed E-state index contributed by atoms with van der Waals surface area (Å²) in [4.78, 5) is 3.67. The summed E-state index contributed by atoms with van der Waals surface area (Å²) in [6.07, 6.45) is 0. The molecule has 1 rings (SSSR count). The zero-order valence-electron chi connectivity index (χ0n) is 9.26. The Bertz CT molecular complexity index is 418. The standard InChI is InChI=1S/C9H11NO4S.Na/c1-6(11)10-8-4-3-7(14-2)5-9(8)15(12)13;/h3-5H,1-2H3,(H,10,11)(H,12,13);/q;+1/p-1. The first-order chi connectivity index (χ1) is 7.04. The third-order valence-electron chi connectivity index (χ3n) is 1.63. The molecule has 0 bridgehead atoms. The van der Waals surface area contributed by atoms with Gasteiger partial charge in [-0.15, -0.1) is 0 Å². The van der Waals surface area contributed by atoms with Crippen molar-refractivity contribution in [2.45, 2.75) is 11.8 Å². The van der Waals surface area contributed by atoms with Crippen LogP contribution in [-0.4, -0.2) is 21.8 Å². The van der Waals surface area contributed by atoms with E-state index < -0.39 is 17.0 Å². The van der Waals surface area contributed by atoms with Crippen molar-refractivity contribution in [2.24, 2.45) is 4.99 Å². The van der Waals surface area contributed by atoms with Gasteiger partial charge < -0.3 is 14.4 Å². The van der Waals surface area contributed by atoms with Crippen molar-refractivity contribution < 1.29 is 48.2 Å². The molecule has 7 heteroatoms. The number of nitrogens with zero attached hydrogens (tertiary/aromatic N) is 1. The molecule has 0 fully saturated rings. The van der Waals surface area contributed by atoms with Crippen molar-refractivity contribution in [3.05, 3.63) is 18.2 Å². The van der Waals surface area contributed by atoms with Gasteiger partial charge in [0, 0.05) is 6.07 Å². The van der Waals surface area contributed by atoms with Crippen LogP contribution in [0.2, 0.25) is 0 Å². The number of hydrogen-bond donors (Lipinski definition) is 1. The van der Waals surface area contributed by atoms with Gasteiger partial charge in [0.1, 0.15) is 5.75 Å². The van der Waals surface area contributed by atoms with Crippen molar-refractivity contribution in [2.75, 3.05) is 7.11 Å². The first kappa shape index (κ1) is 15.6. The van der Waals surface area contributed by atoms with Gasteiger partial charge in [0.15, 0.2) is 11.1 Å². The average Bonchev–Trinajstić information content (AvgIpc) is 2.17. The van der Waals surface area contributed by atoms with E-state index in [1.807, 2.05) is 0 Å². The molecule has 1 aromatic carbocycles. The molecule has 0 amide bonds. The molecule has 0 radical (unpaired) electrons. The van der Waals surface area contributed by atoms with Gasteiger partial charge in [-0.1, -0.05) is 0 Å². The van der Waals surface area contributed by atoms with Gasteiger partial charge in [0.2, 0.25) is 0 Å². The van der Waals surface area contributed by atoms with Crippen LogP contribution in [0, 0.1) is 0 Å². The molecular weight excluding hydrogens is 241 g/mol. The third-order valence-corrected chi connectivity index (χ3v) is 2.34. The van der Waals surface area contributed by atoms with Crippen LogP contribution in [0.4, 0.5) is 5.69 Å². The molecule has 1 aromatic rings. The first-order valence-corrected chi connectivity index (χ1v) is 5.16. The van der Waals surface area contributed by atoms with E-state index in [1.165, 1.54) is 26.2 Å². The second kappa shape index (κ2) is 7.03. The third kappa shape index (κ3) is 4.23. The van der Waals surface area contributed by atoms with Crippen LogP contribution in [0.15, 0.2) is 28.1 Å². The van der Waals surface area contributed by atoms with Crippen LogP contribution >= 0.6 is 0 Å². The Labute approximate surface area is 118 Å². The molecule has 0 aliphatic rings. The summed E-state index contributed by atoms with van der Waals surface area (Å²) >= 11 is -2.19. The minimum absolute atomic E-state index is 0. The van der Waals surface area contributed by atoms with E-state index in [4.69, 9.17) is 9.29 Å². The second-order valence-corrected chi connectivity index (χ2v) is 3.65. The smallest absolute Gasteiger partial charge is 0.862 e. The Morgan fingerprint density at radius 2 is 2.19 bits per heavy atom. The summed E-state index contributed by atoms with van der Waals surface area (Å²) in [7, 11) is 1.45. The molecule has 0 aliphatic carbocycles. The summed E-state index contributed by atoms with van der Waals surface area (Å²) in [5, 5.41) is 10.8. The molecule has 1 atom stereocenters. The van der Waals surface area contributed by atoms with Crippen LogP contribution < -0.4 is 39.4 Å². The fourth-order valence-electron chi connectivity index (χ4n) is 1.02. The largest absolute Gasteiger partial charge is 1.00 e. The van der Waals surface area contributed by atoms with E-state index in [2.05, 4.69) is 4.99 Å². The minimum atomic E-state index is -2.19. The van der Waals surface area contributed by atoms with Gasteiger partial charge in [0.25, 0.3) is 0 Å². The Hall–Kier alpha value is -0.400. The predicted octanol–water partition coefficient (Wildman–Crippen LogP) is -2.31. The molecule has 5 nitrogen and oxygen atoms in total. The summed E-state index contributed by atoms with van der Waals surface area (Å²) < 4.78 is 24.8. The Morgan fingerprint density at radius 3 is 2.62 bits per heavy atom. The van der Waals surface area contributed by atoms with Gasteiger partial charge >= 0.3 is 29.6 Å². The maximum Gasteiger partial charge on any atom is 1.00 e. The number of ether oxygens (including phenoxy) is 1. The van der Waals surface area contributed by atoms with Crippen LogP contribution in [0.3, 0.4) is 0 Å². The van der Waals surface area contributed by atoms with Gasteiger partial charge in [-0.3, -0.25) is 4.99 Å². The summed E-state index contributed by atoms with van der Waals surface area (Å²) in [6.45, 7) is 1.27. The zero-order valence-corrected chi connectivity index (χ0v) is 12.1. The van der Waals surface area contributed by atoms with Crippen LogP contribution in [-0.2, 0) is 11.1 Å². The molecule has 1 N–H and O–H groups in total. The van der Waals surface area contributed by atoms with E-state index in [9.17, 15) is 9.32 Å². The molecule has 0 saturated carbocycles. The maximum atomic E-state index is 11.0. The molecule has 0 aromatic heterocycles. The normalized spacial score (nSPS) is 12.8. The number of aliphatic imine (C=N–C) groups is 1. The van der Waals surface area contributed by atoms with Crippen LogP contribution in [0.5, 0.6) is 5.75 Å². The molecule has 0 aliphatic heterocycles. The van der Waals surface area contributed by atoms with Gasteiger partial charge in [-0.2, -0.15) is 0 Å². The Balaban J connectivity index is 0.00000225. The molecule has 0 heterocycles. The van der Waals surface area contributed by atoms with E-state index in [0.29, 0.717) is 5.75 Å². The van der Waals surface area contributed by atoms with E-state index in [-0.39, 0.29) is 40.1 Å². The van der Waals surface area contributed by atoms with E-state index in [0.717, 1.165) is 0 Å². The monoisotopic (exact) mass is 251 g/mol. The first-order valence-electron chi connectivity index (χ1n) is 4.06. The molecule has 0 spiro atoms. The van der Waals surface area contributed by atoms with Gasteiger partial charge in [-0.05, 0) is 25.0 Å². The van der Waals surface area contributed by atoms with E-state index >= 15 is 0 Å². The molecule has 0 saturated heterocycles.